The van der Waals surface area contributed by atoms with Crippen molar-refractivity contribution in [3.63, 3.8) is 0 Å². The zero-order valence-electron chi connectivity index (χ0n) is 11.2. The molecule has 2 aromatic heterocycles. The van der Waals surface area contributed by atoms with Crippen LogP contribution in [0.3, 0.4) is 0 Å². The number of halogens is 1. The first-order valence-corrected chi connectivity index (χ1v) is 7.43. The van der Waals surface area contributed by atoms with Gasteiger partial charge < -0.3 is 5.32 Å². The third-order valence-electron chi connectivity index (χ3n) is 3.14. The molecule has 1 aromatic carbocycles. The number of amides is 1. The fourth-order valence-electron chi connectivity index (χ4n) is 2.01. The quantitative estimate of drug-likeness (QED) is 0.670. The molecular formula is C14H12IN5O. The number of hydrogen-bond donors (Lipinski definition) is 2. The summed E-state index contributed by atoms with van der Waals surface area (Å²) in [6.45, 7) is 1.88. The summed E-state index contributed by atoms with van der Waals surface area (Å²) in [6.07, 6.45) is 4.86. The van der Waals surface area contributed by atoms with Gasteiger partial charge in [0.05, 0.1) is 23.4 Å². The van der Waals surface area contributed by atoms with E-state index in [1.54, 1.807) is 24.7 Å². The predicted octanol–water partition coefficient (Wildman–Crippen LogP) is 2.45. The number of aromatic nitrogens is 4. The van der Waals surface area contributed by atoms with E-state index < -0.39 is 0 Å². The maximum atomic E-state index is 12.3. The van der Waals surface area contributed by atoms with Crippen LogP contribution >= 0.6 is 22.6 Å². The van der Waals surface area contributed by atoms with Crippen LogP contribution in [0, 0.1) is 3.70 Å². The van der Waals surface area contributed by atoms with Crippen molar-refractivity contribution >= 4 is 39.4 Å². The van der Waals surface area contributed by atoms with E-state index >= 15 is 0 Å². The molecule has 2 heterocycles. The number of hydrogen-bond acceptors (Lipinski definition) is 4. The van der Waals surface area contributed by atoms with Crippen molar-refractivity contribution in [3.05, 3.63) is 51.7 Å². The number of carbonyl (C=O) groups excluding carboxylic acids is 1. The van der Waals surface area contributed by atoms with Gasteiger partial charge in [-0.25, -0.2) is 0 Å². The molecule has 106 valence electrons. The second-order valence-electron chi connectivity index (χ2n) is 4.59. The van der Waals surface area contributed by atoms with Gasteiger partial charge in [-0.05, 0) is 47.7 Å². The Labute approximate surface area is 134 Å². The largest absolute Gasteiger partial charge is 0.344 e. The number of nitrogens with one attached hydrogen (secondary N) is 2. The molecule has 2 N–H and O–H groups in total. The lowest BCUT2D eigenvalue weighted by atomic mass is 10.1. The Balaban J connectivity index is 1.82. The van der Waals surface area contributed by atoms with Crippen LogP contribution in [0.2, 0.25) is 0 Å². The highest BCUT2D eigenvalue weighted by Crippen LogP contribution is 2.19. The zero-order valence-corrected chi connectivity index (χ0v) is 13.3. The highest BCUT2D eigenvalue weighted by Gasteiger charge is 2.14. The van der Waals surface area contributed by atoms with E-state index in [1.165, 1.54) is 0 Å². The molecule has 1 unspecified atom stereocenters. The standard InChI is InChI=1S/C14H12IN5O/c1-8(12-7-16-4-5-17-12)18-14(21)9-2-3-11-10(6-9)13(15)20-19-11/h2-8H,1H3,(H,18,21)(H,19,20). The molecular weight excluding hydrogens is 381 g/mol. The van der Waals surface area contributed by atoms with E-state index in [2.05, 4.69) is 48.1 Å². The summed E-state index contributed by atoms with van der Waals surface area (Å²) in [5.41, 5.74) is 2.17. The first-order valence-electron chi connectivity index (χ1n) is 6.35. The Bertz CT molecular complexity index is 786. The van der Waals surface area contributed by atoms with Crippen LogP contribution in [0.4, 0.5) is 0 Å². The number of rotatable bonds is 3. The van der Waals surface area contributed by atoms with Crippen LogP contribution in [-0.2, 0) is 0 Å². The fraction of sp³-hybridized carbons (Fsp3) is 0.143. The third-order valence-corrected chi connectivity index (χ3v) is 3.97. The lowest BCUT2D eigenvalue weighted by molar-refractivity contribution is 0.0939. The molecule has 3 aromatic rings. The molecule has 6 nitrogen and oxygen atoms in total. The van der Waals surface area contributed by atoms with Crippen molar-refractivity contribution < 1.29 is 4.79 Å². The molecule has 0 aliphatic rings. The smallest absolute Gasteiger partial charge is 0.251 e. The van der Waals surface area contributed by atoms with Gasteiger partial charge in [-0.2, -0.15) is 5.10 Å². The van der Waals surface area contributed by atoms with Crippen LogP contribution in [0.25, 0.3) is 10.9 Å². The normalized spacial score (nSPS) is 12.3. The Kier molecular flexibility index (Phi) is 3.82. The number of benzene rings is 1. The Hall–Kier alpha value is -2.03. The van der Waals surface area contributed by atoms with Crippen LogP contribution in [0.5, 0.6) is 0 Å². The second kappa shape index (κ2) is 5.76. The molecule has 0 bridgehead atoms. The van der Waals surface area contributed by atoms with Gasteiger partial charge in [0.1, 0.15) is 3.70 Å². The van der Waals surface area contributed by atoms with Crippen molar-refractivity contribution in [1.29, 1.82) is 0 Å². The van der Waals surface area contributed by atoms with Gasteiger partial charge in [-0.15, -0.1) is 0 Å². The van der Waals surface area contributed by atoms with Crippen molar-refractivity contribution in [1.82, 2.24) is 25.5 Å². The minimum atomic E-state index is -0.203. The molecule has 1 atom stereocenters. The van der Waals surface area contributed by atoms with E-state index in [0.29, 0.717) is 5.56 Å². The van der Waals surface area contributed by atoms with E-state index in [-0.39, 0.29) is 11.9 Å². The Morgan fingerprint density at radius 2 is 2.24 bits per heavy atom. The number of carbonyl (C=O) groups is 1. The van der Waals surface area contributed by atoms with Gasteiger partial charge in [0.15, 0.2) is 0 Å². The average molecular weight is 393 g/mol. The molecule has 0 aliphatic carbocycles. The van der Waals surface area contributed by atoms with Crippen LogP contribution < -0.4 is 5.32 Å². The van der Waals surface area contributed by atoms with E-state index in [9.17, 15) is 4.79 Å². The van der Waals surface area contributed by atoms with Crippen molar-refractivity contribution in [2.75, 3.05) is 0 Å². The number of H-pyrrole nitrogens is 1. The molecule has 0 fully saturated rings. The fourth-order valence-corrected chi connectivity index (χ4v) is 2.56. The molecule has 7 heteroatoms. The van der Waals surface area contributed by atoms with Gasteiger partial charge in [0, 0.05) is 23.3 Å². The predicted molar refractivity (Wildman–Crippen MR) is 86.7 cm³/mol. The molecule has 3 rings (SSSR count). The molecule has 0 saturated heterocycles. The maximum Gasteiger partial charge on any atom is 0.251 e. The Morgan fingerprint density at radius 3 is 3.00 bits per heavy atom. The third kappa shape index (κ3) is 2.87. The first kappa shape index (κ1) is 13.9. The molecule has 21 heavy (non-hydrogen) atoms. The summed E-state index contributed by atoms with van der Waals surface area (Å²) in [7, 11) is 0. The monoisotopic (exact) mass is 393 g/mol. The molecule has 0 radical (unpaired) electrons. The van der Waals surface area contributed by atoms with Crippen LogP contribution in [-0.4, -0.2) is 26.1 Å². The molecule has 0 spiro atoms. The maximum absolute atomic E-state index is 12.3. The van der Waals surface area contributed by atoms with Crippen LogP contribution in [0.15, 0.2) is 36.8 Å². The van der Waals surface area contributed by atoms with Gasteiger partial charge in [-0.3, -0.25) is 19.9 Å². The first-order chi connectivity index (χ1) is 10.1. The summed E-state index contributed by atoms with van der Waals surface area (Å²) >= 11 is 2.16. The summed E-state index contributed by atoms with van der Waals surface area (Å²) in [6, 6.07) is 5.22. The molecule has 0 saturated carbocycles. The van der Waals surface area contributed by atoms with Crippen molar-refractivity contribution in [3.8, 4) is 0 Å². The zero-order chi connectivity index (χ0) is 14.8. The topological polar surface area (TPSA) is 83.6 Å². The number of fused-ring (bicyclic) bond motifs is 1. The van der Waals surface area contributed by atoms with Crippen molar-refractivity contribution in [2.45, 2.75) is 13.0 Å². The minimum Gasteiger partial charge on any atom is -0.344 e. The number of aromatic amines is 1. The minimum absolute atomic E-state index is 0.146. The summed E-state index contributed by atoms with van der Waals surface area (Å²) < 4.78 is 0.916. The van der Waals surface area contributed by atoms with E-state index in [4.69, 9.17) is 0 Å². The lowest BCUT2D eigenvalue weighted by Crippen LogP contribution is -2.27. The van der Waals surface area contributed by atoms with E-state index in [0.717, 1.165) is 20.3 Å². The summed E-state index contributed by atoms with van der Waals surface area (Å²) in [5, 5.41) is 10.9. The summed E-state index contributed by atoms with van der Waals surface area (Å²) in [4.78, 5) is 20.5. The lowest BCUT2D eigenvalue weighted by Gasteiger charge is -2.12. The highest BCUT2D eigenvalue weighted by molar-refractivity contribution is 14.1. The Morgan fingerprint density at radius 1 is 1.38 bits per heavy atom. The summed E-state index contributed by atoms with van der Waals surface area (Å²) in [5.74, 6) is -0.146. The molecule has 0 aliphatic heterocycles. The number of nitrogens with zero attached hydrogens (tertiary/aromatic N) is 3. The molecule has 1 amide bonds. The van der Waals surface area contributed by atoms with Gasteiger partial charge in [0.25, 0.3) is 5.91 Å². The van der Waals surface area contributed by atoms with Crippen LogP contribution in [0.1, 0.15) is 29.0 Å². The SMILES string of the molecule is CC(NC(=O)c1ccc2n[nH]c(I)c2c1)c1cnccn1. The average Bonchev–Trinajstić information content (AvgIpc) is 2.89. The van der Waals surface area contributed by atoms with Crippen molar-refractivity contribution in [2.24, 2.45) is 0 Å². The highest BCUT2D eigenvalue weighted by atomic mass is 127. The van der Waals surface area contributed by atoms with Gasteiger partial charge >= 0.3 is 0 Å². The van der Waals surface area contributed by atoms with Gasteiger partial charge in [0.2, 0.25) is 0 Å². The van der Waals surface area contributed by atoms with Gasteiger partial charge in [-0.1, -0.05) is 0 Å². The van der Waals surface area contributed by atoms with E-state index in [1.807, 2.05) is 19.1 Å². The second-order valence-corrected chi connectivity index (χ2v) is 5.67.